The Morgan fingerprint density at radius 2 is 1.67 bits per heavy atom. The van der Waals surface area contributed by atoms with Crippen molar-refractivity contribution >= 4 is 0 Å². The fourth-order valence-corrected chi connectivity index (χ4v) is 1.52. The molecule has 0 aromatic carbocycles. The van der Waals surface area contributed by atoms with E-state index in [4.69, 9.17) is 0 Å². The molecule has 12 heavy (non-hydrogen) atoms. The van der Waals surface area contributed by atoms with Crippen molar-refractivity contribution in [3.63, 3.8) is 0 Å². The van der Waals surface area contributed by atoms with Crippen LogP contribution in [-0.2, 0) is 0 Å². The molecular formula is C11H25N. The zero-order chi connectivity index (χ0) is 9.45. The van der Waals surface area contributed by atoms with Gasteiger partial charge in [-0.2, -0.15) is 0 Å². The van der Waals surface area contributed by atoms with Crippen LogP contribution in [0.15, 0.2) is 0 Å². The Morgan fingerprint density at radius 3 is 2.17 bits per heavy atom. The van der Waals surface area contributed by atoms with Crippen molar-refractivity contribution < 1.29 is 0 Å². The molecule has 0 saturated heterocycles. The third kappa shape index (κ3) is 6.66. The van der Waals surface area contributed by atoms with Gasteiger partial charge in [-0.15, -0.1) is 0 Å². The van der Waals surface area contributed by atoms with Crippen LogP contribution in [0, 0.1) is 0 Å². The van der Waals surface area contributed by atoms with E-state index in [1.54, 1.807) is 0 Å². The zero-order valence-corrected chi connectivity index (χ0v) is 9.24. The molecule has 0 aromatic rings. The van der Waals surface area contributed by atoms with E-state index in [0.29, 0.717) is 5.54 Å². The molecule has 0 amide bonds. The highest BCUT2D eigenvalue weighted by Crippen LogP contribution is 2.10. The summed E-state index contributed by atoms with van der Waals surface area (Å²) in [5.41, 5.74) is 0.350. The molecule has 0 atom stereocenters. The Morgan fingerprint density at radius 1 is 1.00 bits per heavy atom. The Bertz CT molecular complexity index is 97.2. The minimum Gasteiger partial charge on any atom is -0.312 e. The van der Waals surface area contributed by atoms with Gasteiger partial charge in [0.15, 0.2) is 0 Å². The first-order chi connectivity index (χ1) is 5.62. The van der Waals surface area contributed by atoms with Crippen LogP contribution in [0.25, 0.3) is 0 Å². The summed E-state index contributed by atoms with van der Waals surface area (Å²) in [6.07, 6.45) is 6.54. The van der Waals surface area contributed by atoms with Gasteiger partial charge in [0, 0.05) is 5.54 Å². The molecule has 0 heterocycles. The molecule has 0 fully saturated rings. The maximum atomic E-state index is 3.59. The minimum atomic E-state index is 0.350. The van der Waals surface area contributed by atoms with Crippen LogP contribution >= 0.6 is 0 Å². The average Bonchev–Trinajstić information content (AvgIpc) is 1.98. The van der Waals surface area contributed by atoms with Crippen LogP contribution < -0.4 is 5.32 Å². The summed E-state index contributed by atoms with van der Waals surface area (Å²) in [7, 11) is 0. The van der Waals surface area contributed by atoms with Gasteiger partial charge < -0.3 is 5.32 Å². The molecule has 0 spiro atoms. The van der Waals surface area contributed by atoms with E-state index in [9.17, 15) is 0 Å². The lowest BCUT2D eigenvalue weighted by Crippen LogP contribution is -2.39. The highest BCUT2D eigenvalue weighted by atomic mass is 14.9. The molecule has 0 aliphatic heterocycles. The maximum absolute atomic E-state index is 3.59. The van der Waals surface area contributed by atoms with Crippen molar-refractivity contribution in [3.8, 4) is 0 Å². The number of hydrogen-bond acceptors (Lipinski definition) is 1. The molecule has 0 bridgehead atoms. The normalized spacial score (nSPS) is 12.0. The van der Waals surface area contributed by atoms with Gasteiger partial charge in [0.1, 0.15) is 0 Å². The monoisotopic (exact) mass is 171 g/mol. The van der Waals surface area contributed by atoms with Crippen molar-refractivity contribution in [1.82, 2.24) is 5.32 Å². The molecule has 0 aliphatic rings. The van der Waals surface area contributed by atoms with E-state index >= 15 is 0 Å². The highest BCUT2D eigenvalue weighted by molar-refractivity contribution is 4.75. The molecule has 1 N–H and O–H groups in total. The molecule has 0 saturated carbocycles. The predicted octanol–water partition coefficient (Wildman–Crippen LogP) is 3.34. The first-order valence-electron chi connectivity index (χ1n) is 5.37. The van der Waals surface area contributed by atoms with Gasteiger partial charge in [-0.1, -0.05) is 33.1 Å². The molecular weight excluding hydrogens is 146 g/mol. The van der Waals surface area contributed by atoms with Crippen LogP contribution in [0.5, 0.6) is 0 Å². The zero-order valence-electron chi connectivity index (χ0n) is 9.24. The van der Waals surface area contributed by atoms with E-state index in [1.807, 2.05) is 0 Å². The average molecular weight is 171 g/mol. The summed E-state index contributed by atoms with van der Waals surface area (Å²) in [4.78, 5) is 0. The molecule has 1 nitrogen and oxygen atoms in total. The maximum Gasteiger partial charge on any atom is 0.0125 e. The quantitative estimate of drug-likeness (QED) is 0.579. The number of unbranched alkanes of at least 4 members (excludes halogenated alkanes) is 2. The van der Waals surface area contributed by atoms with Gasteiger partial charge in [0.25, 0.3) is 0 Å². The second kappa shape index (κ2) is 6.47. The van der Waals surface area contributed by atoms with E-state index in [-0.39, 0.29) is 0 Å². The standard InChI is InChI=1S/C11H25N/c1-5-7-8-10-12-11(3,4)9-6-2/h12H,5-10H2,1-4H3. The summed E-state index contributed by atoms with van der Waals surface area (Å²) in [5.74, 6) is 0. The lowest BCUT2D eigenvalue weighted by molar-refractivity contribution is 0.355. The van der Waals surface area contributed by atoms with Gasteiger partial charge >= 0.3 is 0 Å². The molecule has 74 valence electrons. The van der Waals surface area contributed by atoms with E-state index < -0.39 is 0 Å². The molecule has 0 radical (unpaired) electrons. The second-order valence-electron chi connectivity index (χ2n) is 4.27. The molecule has 0 unspecified atom stereocenters. The Labute approximate surface area is 77.9 Å². The van der Waals surface area contributed by atoms with Crippen molar-refractivity contribution in [2.24, 2.45) is 0 Å². The molecule has 0 aromatic heterocycles. The van der Waals surface area contributed by atoms with Crippen LogP contribution in [0.3, 0.4) is 0 Å². The van der Waals surface area contributed by atoms with Gasteiger partial charge in [0.05, 0.1) is 0 Å². The summed E-state index contributed by atoms with van der Waals surface area (Å²) in [5, 5.41) is 3.59. The van der Waals surface area contributed by atoms with Crippen molar-refractivity contribution in [2.75, 3.05) is 6.54 Å². The lowest BCUT2D eigenvalue weighted by atomic mass is 9.99. The third-order valence-electron chi connectivity index (χ3n) is 2.26. The minimum absolute atomic E-state index is 0.350. The van der Waals surface area contributed by atoms with Gasteiger partial charge in [-0.05, 0) is 33.2 Å². The Kier molecular flexibility index (Phi) is 6.45. The number of hydrogen-bond donors (Lipinski definition) is 1. The summed E-state index contributed by atoms with van der Waals surface area (Å²) in [6, 6.07) is 0. The van der Waals surface area contributed by atoms with Gasteiger partial charge in [-0.3, -0.25) is 0 Å². The van der Waals surface area contributed by atoms with E-state index in [1.165, 1.54) is 38.6 Å². The molecule has 1 heteroatoms. The first-order valence-corrected chi connectivity index (χ1v) is 5.37. The molecule has 0 aliphatic carbocycles. The smallest absolute Gasteiger partial charge is 0.0125 e. The number of rotatable bonds is 7. The van der Waals surface area contributed by atoms with Crippen LogP contribution in [0.1, 0.15) is 59.8 Å². The SMILES string of the molecule is CCCCCNC(C)(C)CCC. The summed E-state index contributed by atoms with van der Waals surface area (Å²) >= 11 is 0. The summed E-state index contributed by atoms with van der Waals surface area (Å²) in [6.45, 7) is 10.3. The van der Waals surface area contributed by atoms with Crippen LogP contribution in [0.2, 0.25) is 0 Å². The lowest BCUT2D eigenvalue weighted by Gasteiger charge is -2.25. The Balaban J connectivity index is 3.33. The highest BCUT2D eigenvalue weighted by Gasteiger charge is 2.13. The van der Waals surface area contributed by atoms with Crippen molar-refractivity contribution in [2.45, 2.75) is 65.3 Å². The fraction of sp³-hybridized carbons (Fsp3) is 1.00. The van der Waals surface area contributed by atoms with E-state index in [2.05, 4.69) is 33.0 Å². The van der Waals surface area contributed by atoms with E-state index in [0.717, 1.165) is 0 Å². The predicted molar refractivity (Wildman–Crippen MR) is 56.5 cm³/mol. The van der Waals surface area contributed by atoms with Gasteiger partial charge in [-0.25, -0.2) is 0 Å². The Hall–Kier alpha value is -0.0400. The number of nitrogens with one attached hydrogen (secondary N) is 1. The van der Waals surface area contributed by atoms with Crippen LogP contribution in [-0.4, -0.2) is 12.1 Å². The van der Waals surface area contributed by atoms with Gasteiger partial charge in [0.2, 0.25) is 0 Å². The van der Waals surface area contributed by atoms with Crippen molar-refractivity contribution in [3.05, 3.63) is 0 Å². The topological polar surface area (TPSA) is 12.0 Å². The van der Waals surface area contributed by atoms with Crippen molar-refractivity contribution in [1.29, 1.82) is 0 Å². The third-order valence-corrected chi connectivity index (χ3v) is 2.26. The summed E-state index contributed by atoms with van der Waals surface area (Å²) < 4.78 is 0. The fourth-order valence-electron chi connectivity index (χ4n) is 1.52. The largest absolute Gasteiger partial charge is 0.312 e. The molecule has 0 rings (SSSR count). The van der Waals surface area contributed by atoms with Crippen LogP contribution in [0.4, 0.5) is 0 Å². The second-order valence-corrected chi connectivity index (χ2v) is 4.27. The first kappa shape index (κ1) is 12.0.